The number of rotatable bonds is 5. The summed E-state index contributed by atoms with van der Waals surface area (Å²) >= 11 is 5.87. The first-order valence-electron chi connectivity index (χ1n) is 9.06. The lowest BCUT2D eigenvalue weighted by molar-refractivity contribution is 0.0981. The number of phenolic OH excluding ortho intramolecular Hbond substituents is 1. The van der Waals surface area contributed by atoms with E-state index in [1.165, 1.54) is 36.4 Å². The number of amides is 1. The Hall–Kier alpha value is -3.49. The number of furan rings is 1. The van der Waals surface area contributed by atoms with E-state index in [1.807, 2.05) is 0 Å². The average Bonchev–Trinajstić information content (AvgIpc) is 3.12. The number of nitrogens with one attached hydrogen (secondary N) is 1. The standard InChI is InChI=1S/C22H16ClNO6S/c1-13-4-2-3-5-20(13)31(27,28)24-22(26)14-6-9-19-15(10-14)11-21(30-19)29-16-7-8-18(25)17(23)12-16/h2-12,25H,1H3,(H,24,26). The second kappa shape index (κ2) is 7.98. The highest BCUT2D eigenvalue weighted by Gasteiger charge is 2.21. The van der Waals surface area contributed by atoms with Crippen molar-refractivity contribution in [1.82, 2.24) is 4.72 Å². The number of sulfonamides is 1. The third kappa shape index (κ3) is 4.35. The van der Waals surface area contributed by atoms with Crippen LogP contribution in [0.5, 0.6) is 17.4 Å². The number of benzene rings is 3. The van der Waals surface area contributed by atoms with Crippen molar-refractivity contribution in [3.05, 3.63) is 82.9 Å². The summed E-state index contributed by atoms with van der Waals surface area (Å²) in [5, 5.41) is 10.2. The molecule has 0 radical (unpaired) electrons. The molecular weight excluding hydrogens is 442 g/mol. The van der Waals surface area contributed by atoms with Crippen LogP contribution >= 0.6 is 11.6 Å². The van der Waals surface area contributed by atoms with E-state index in [2.05, 4.69) is 4.72 Å². The summed E-state index contributed by atoms with van der Waals surface area (Å²) in [6.45, 7) is 1.65. The molecule has 0 aliphatic rings. The summed E-state index contributed by atoms with van der Waals surface area (Å²) in [7, 11) is -4.02. The Morgan fingerprint density at radius 1 is 1.06 bits per heavy atom. The Balaban J connectivity index is 1.57. The smallest absolute Gasteiger partial charge is 0.290 e. The molecule has 4 rings (SSSR count). The van der Waals surface area contributed by atoms with E-state index in [4.69, 9.17) is 20.8 Å². The van der Waals surface area contributed by atoms with Gasteiger partial charge in [-0.05, 0) is 48.9 Å². The van der Waals surface area contributed by atoms with Crippen LogP contribution in [-0.4, -0.2) is 19.4 Å². The lowest BCUT2D eigenvalue weighted by Crippen LogP contribution is -2.31. The fourth-order valence-electron chi connectivity index (χ4n) is 2.97. The molecule has 0 saturated carbocycles. The maximum atomic E-state index is 12.6. The molecule has 2 N–H and O–H groups in total. The van der Waals surface area contributed by atoms with Gasteiger partial charge in [0, 0.05) is 23.1 Å². The van der Waals surface area contributed by atoms with Crippen molar-refractivity contribution < 1.29 is 27.5 Å². The molecule has 4 aromatic rings. The quantitative estimate of drug-likeness (QED) is 0.436. The lowest BCUT2D eigenvalue weighted by atomic mass is 10.1. The Kier molecular flexibility index (Phi) is 5.34. The summed E-state index contributed by atoms with van der Waals surface area (Å²) in [4.78, 5) is 12.6. The molecule has 0 unspecified atom stereocenters. The van der Waals surface area contributed by atoms with E-state index in [9.17, 15) is 18.3 Å². The van der Waals surface area contributed by atoms with Gasteiger partial charge in [0.2, 0.25) is 0 Å². The highest BCUT2D eigenvalue weighted by Crippen LogP contribution is 2.33. The first-order valence-corrected chi connectivity index (χ1v) is 10.9. The normalized spacial score (nSPS) is 11.4. The molecule has 0 atom stereocenters. The number of fused-ring (bicyclic) bond motifs is 1. The number of aryl methyl sites for hydroxylation is 1. The van der Waals surface area contributed by atoms with Crippen LogP contribution in [-0.2, 0) is 10.0 Å². The molecule has 158 valence electrons. The van der Waals surface area contributed by atoms with Crippen molar-refractivity contribution in [2.24, 2.45) is 0 Å². The summed E-state index contributed by atoms with van der Waals surface area (Å²) in [6.07, 6.45) is 0. The Morgan fingerprint density at radius 2 is 1.84 bits per heavy atom. The molecular formula is C22H16ClNO6S. The van der Waals surface area contributed by atoms with E-state index in [-0.39, 0.29) is 27.2 Å². The summed E-state index contributed by atoms with van der Waals surface area (Å²) in [6, 6.07) is 16.8. The van der Waals surface area contributed by atoms with Crippen molar-refractivity contribution in [1.29, 1.82) is 0 Å². The molecule has 3 aromatic carbocycles. The Labute approximate surface area is 182 Å². The van der Waals surface area contributed by atoms with Gasteiger partial charge >= 0.3 is 0 Å². The zero-order valence-electron chi connectivity index (χ0n) is 16.1. The van der Waals surface area contributed by atoms with Crippen LogP contribution < -0.4 is 9.46 Å². The molecule has 1 amide bonds. The molecule has 0 spiro atoms. The van der Waals surface area contributed by atoms with Gasteiger partial charge in [-0.2, -0.15) is 0 Å². The fraction of sp³-hybridized carbons (Fsp3) is 0.0455. The van der Waals surface area contributed by atoms with Gasteiger partial charge in [-0.25, -0.2) is 13.1 Å². The maximum absolute atomic E-state index is 12.6. The van der Waals surface area contributed by atoms with E-state index >= 15 is 0 Å². The monoisotopic (exact) mass is 457 g/mol. The van der Waals surface area contributed by atoms with Gasteiger partial charge in [-0.1, -0.05) is 29.8 Å². The third-order valence-corrected chi connectivity index (χ3v) is 6.30. The zero-order valence-corrected chi connectivity index (χ0v) is 17.7. The zero-order chi connectivity index (χ0) is 22.2. The van der Waals surface area contributed by atoms with Crippen molar-refractivity contribution in [2.75, 3.05) is 0 Å². The minimum Gasteiger partial charge on any atom is -0.506 e. The molecule has 1 heterocycles. The molecule has 1 aromatic heterocycles. The van der Waals surface area contributed by atoms with Gasteiger partial charge in [-0.15, -0.1) is 0 Å². The van der Waals surface area contributed by atoms with Gasteiger partial charge in [0.1, 0.15) is 17.1 Å². The minimum atomic E-state index is -4.02. The summed E-state index contributed by atoms with van der Waals surface area (Å²) in [5.41, 5.74) is 1.12. The molecule has 9 heteroatoms. The Bertz CT molecular complexity index is 1410. The number of aromatic hydroxyl groups is 1. The van der Waals surface area contributed by atoms with Crippen molar-refractivity contribution in [3.63, 3.8) is 0 Å². The SMILES string of the molecule is Cc1ccccc1S(=O)(=O)NC(=O)c1ccc2oc(Oc3ccc(O)c(Cl)c3)cc2c1. The van der Waals surface area contributed by atoms with E-state index in [0.717, 1.165) is 0 Å². The number of phenols is 1. The second-order valence-corrected chi connectivity index (χ2v) is 8.79. The minimum absolute atomic E-state index is 0.0379. The molecule has 0 bridgehead atoms. The summed E-state index contributed by atoms with van der Waals surface area (Å²) in [5.74, 6) is -0.347. The van der Waals surface area contributed by atoms with Gasteiger partial charge in [0.05, 0.1) is 9.92 Å². The van der Waals surface area contributed by atoms with Crippen molar-refractivity contribution in [2.45, 2.75) is 11.8 Å². The predicted octanol–water partition coefficient (Wildman–Crippen LogP) is 5.01. The first kappa shape index (κ1) is 20.8. The molecule has 0 saturated heterocycles. The van der Waals surface area contributed by atoms with Crippen LogP contribution in [0.3, 0.4) is 0 Å². The molecule has 31 heavy (non-hydrogen) atoms. The fourth-order valence-corrected chi connectivity index (χ4v) is 4.36. The summed E-state index contributed by atoms with van der Waals surface area (Å²) < 4.78 is 38.4. The highest BCUT2D eigenvalue weighted by molar-refractivity contribution is 7.90. The highest BCUT2D eigenvalue weighted by atomic mass is 35.5. The lowest BCUT2D eigenvalue weighted by Gasteiger charge is -2.09. The van der Waals surface area contributed by atoms with Crippen LogP contribution in [0, 0.1) is 6.92 Å². The number of halogens is 1. The maximum Gasteiger partial charge on any atom is 0.290 e. The largest absolute Gasteiger partial charge is 0.506 e. The van der Waals surface area contributed by atoms with Crippen LogP contribution in [0.25, 0.3) is 11.0 Å². The van der Waals surface area contributed by atoms with E-state index in [1.54, 1.807) is 37.3 Å². The number of carbonyl (C=O) groups excluding carboxylic acids is 1. The molecule has 0 aliphatic carbocycles. The molecule has 7 nitrogen and oxygen atoms in total. The van der Waals surface area contributed by atoms with Crippen LogP contribution in [0.2, 0.25) is 5.02 Å². The van der Waals surface area contributed by atoms with Gasteiger partial charge < -0.3 is 14.3 Å². The van der Waals surface area contributed by atoms with E-state index in [0.29, 0.717) is 22.3 Å². The topological polar surface area (TPSA) is 106 Å². The predicted molar refractivity (Wildman–Crippen MR) is 115 cm³/mol. The number of hydrogen-bond acceptors (Lipinski definition) is 6. The van der Waals surface area contributed by atoms with Crippen LogP contribution in [0.15, 0.2) is 76.0 Å². The average molecular weight is 458 g/mol. The third-order valence-electron chi connectivity index (χ3n) is 4.50. The first-order chi connectivity index (χ1) is 14.7. The van der Waals surface area contributed by atoms with Crippen LogP contribution in [0.4, 0.5) is 0 Å². The molecule has 0 fully saturated rings. The van der Waals surface area contributed by atoms with Crippen molar-refractivity contribution in [3.8, 4) is 17.4 Å². The van der Waals surface area contributed by atoms with Crippen LogP contribution in [0.1, 0.15) is 15.9 Å². The second-order valence-electron chi connectivity index (χ2n) is 6.73. The number of carbonyl (C=O) groups is 1. The van der Waals surface area contributed by atoms with Crippen molar-refractivity contribution >= 4 is 38.5 Å². The molecule has 0 aliphatic heterocycles. The Morgan fingerprint density at radius 3 is 2.58 bits per heavy atom. The van der Waals surface area contributed by atoms with E-state index < -0.39 is 15.9 Å². The van der Waals surface area contributed by atoms with Gasteiger partial charge in [0.15, 0.2) is 0 Å². The number of ether oxygens (including phenoxy) is 1. The number of hydrogen-bond donors (Lipinski definition) is 2. The van der Waals surface area contributed by atoms with Gasteiger partial charge in [-0.3, -0.25) is 4.79 Å². The van der Waals surface area contributed by atoms with Gasteiger partial charge in [0.25, 0.3) is 21.9 Å².